The lowest BCUT2D eigenvalue weighted by Crippen LogP contribution is -2.44. The fourth-order valence-electron chi connectivity index (χ4n) is 2.92. The first-order valence-corrected chi connectivity index (χ1v) is 8.62. The molecule has 0 aromatic heterocycles. The van der Waals surface area contributed by atoms with E-state index < -0.39 is 0 Å². The molecule has 0 aliphatic heterocycles. The molecule has 0 saturated heterocycles. The van der Waals surface area contributed by atoms with E-state index in [0.717, 1.165) is 38.6 Å². The number of nitrogens with two attached hydrogens (primary N) is 1. The molecule has 3 nitrogen and oxygen atoms in total. The van der Waals surface area contributed by atoms with Crippen molar-refractivity contribution in [1.82, 2.24) is 4.90 Å². The van der Waals surface area contributed by atoms with Gasteiger partial charge in [-0.15, -0.1) is 0 Å². The van der Waals surface area contributed by atoms with Gasteiger partial charge >= 0.3 is 0 Å². The molecular weight excluding hydrogens is 382 g/mol. The van der Waals surface area contributed by atoms with Gasteiger partial charge in [-0.25, -0.2) is 4.39 Å². The summed E-state index contributed by atoms with van der Waals surface area (Å²) in [5, 5.41) is 0. The number of nitrogens with zero attached hydrogens (tertiary/aromatic N) is 1. The van der Waals surface area contributed by atoms with E-state index >= 15 is 0 Å². The minimum Gasteiger partial charge on any atom is -0.336 e. The van der Waals surface area contributed by atoms with Crippen molar-refractivity contribution in [1.29, 1.82) is 0 Å². The van der Waals surface area contributed by atoms with Gasteiger partial charge in [-0.1, -0.05) is 6.92 Å². The molecule has 21 heavy (non-hydrogen) atoms. The van der Waals surface area contributed by atoms with E-state index in [9.17, 15) is 9.18 Å². The molecule has 1 saturated carbocycles. The highest BCUT2D eigenvalue weighted by Crippen LogP contribution is 2.25. The molecule has 1 fully saturated rings. The minimum absolute atomic E-state index is 0.0155. The average Bonchev–Trinajstić information content (AvgIpc) is 2.45. The van der Waals surface area contributed by atoms with Gasteiger partial charge in [0.1, 0.15) is 5.82 Å². The molecule has 0 unspecified atom stereocenters. The quantitative estimate of drug-likeness (QED) is 0.781. The van der Waals surface area contributed by atoms with E-state index in [1.54, 1.807) is 6.07 Å². The second-order valence-corrected chi connectivity index (χ2v) is 6.85. The number of hydrogen-bond donors (Lipinski definition) is 1. The van der Waals surface area contributed by atoms with Gasteiger partial charge in [0.05, 0.1) is 5.56 Å². The average molecular weight is 404 g/mol. The van der Waals surface area contributed by atoms with Crippen molar-refractivity contribution in [3.63, 3.8) is 0 Å². The van der Waals surface area contributed by atoms with Crippen LogP contribution in [0.4, 0.5) is 4.39 Å². The van der Waals surface area contributed by atoms with Crippen molar-refractivity contribution in [2.24, 2.45) is 5.73 Å². The summed E-state index contributed by atoms with van der Waals surface area (Å²) in [4.78, 5) is 14.8. The number of benzene rings is 1. The van der Waals surface area contributed by atoms with Gasteiger partial charge in [-0.05, 0) is 72.9 Å². The van der Waals surface area contributed by atoms with Gasteiger partial charge in [0.25, 0.3) is 5.91 Å². The zero-order chi connectivity index (χ0) is 15.4. The van der Waals surface area contributed by atoms with Crippen molar-refractivity contribution in [3.8, 4) is 0 Å². The largest absolute Gasteiger partial charge is 0.336 e. The Morgan fingerprint density at radius 2 is 2.05 bits per heavy atom. The Morgan fingerprint density at radius 3 is 2.62 bits per heavy atom. The van der Waals surface area contributed by atoms with Crippen LogP contribution < -0.4 is 5.73 Å². The third-order valence-corrected chi connectivity index (χ3v) is 4.96. The van der Waals surface area contributed by atoms with Crippen LogP contribution in [0.15, 0.2) is 18.2 Å². The zero-order valence-electron chi connectivity index (χ0n) is 12.3. The maximum Gasteiger partial charge on any atom is 0.255 e. The Labute approximate surface area is 139 Å². The smallest absolute Gasteiger partial charge is 0.255 e. The Bertz CT molecular complexity index is 501. The second-order valence-electron chi connectivity index (χ2n) is 5.69. The summed E-state index contributed by atoms with van der Waals surface area (Å²) in [6.07, 6.45) is 4.79. The summed E-state index contributed by atoms with van der Waals surface area (Å²) in [6.45, 7) is 2.82. The molecule has 5 heteroatoms. The third-order valence-electron chi connectivity index (χ3n) is 4.07. The SMILES string of the molecule is CCCN(C(=O)c1ccc(F)cc1I)C1CCC(N)CC1. The van der Waals surface area contributed by atoms with Gasteiger partial charge < -0.3 is 10.6 Å². The fourth-order valence-corrected chi connectivity index (χ4v) is 3.63. The van der Waals surface area contributed by atoms with E-state index in [4.69, 9.17) is 5.73 Å². The van der Waals surface area contributed by atoms with Crippen LogP contribution in [0.3, 0.4) is 0 Å². The van der Waals surface area contributed by atoms with Gasteiger partial charge in [0.15, 0.2) is 0 Å². The van der Waals surface area contributed by atoms with Crippen LogP contribution in [0.25, 0.3) is 0 Å². The predicted molar refractivity (Wildman–Crippen MR) is 90.7 cm³/mol. The standard InChI is InChI=1S/C16H22FIN2O/c1-2-9-20(13-6-4-12(19)5-7-13)16(21)14-8-3-11(17)10-15(14)18/h3,8,10,12-13H,2,4-7,9,19H2,1H3. The summed E-state index contributed by atoms with van der Waals surface area (Å²) in [7, 11) is 0. The fraction of sp³-hybridized carbons (Fsp3) is 0.562. The molecule has 1 aromatic carbocycles. The summed E-state index contributed by atoms with van der Waals surface area (Å²) < 4.78 is 13.9. The van der Waals surface area contributed by atoms with Crippen LogP contribution in [0, 0.1) is 9.39 Å². The summed E-state index contributed by atoms with van der Waals surface area (Å²) in [5.74, 6) is -0.289. The summed E-state index contributed by atoms with van der Waals surface area (Å²) >= 11 is 2.03. The molecule has 0 spiro atoms. The van der Waals surface area contributed by atoms with Gasteiger partial charge in [-0.2, -0.15) is 0 Å². The van der Waals surface area contributed by atoms with Crippen molar-refractivity contribution in [3.05, 3.63) is 33.1 Å². The molecule has 2 rings (SSSR count). The highest BCUT2D eigenvalue weighted by molar-refractivity contribution is 14.1. The zero-order valence-corrected chi connectivity index (χ0v) is 14.5. The predicted octanol–water partition coefficient (Wildman–Crippen LogP) is 3.55. The van der Waals surface area contributed by atoms with E-state index in [1.807, 2.05) is 27.5 Å². The van der Waals surface area contributed by atoms with E-state index in [0.29, 0.717) is 9.13 Å². The first kappa shape index (κ1) is 16.7. The molecule has 1 amide bonds. The number of amides is 1. The lowest BCUT2D eigenvalue weighted by molar-refractivity contribution is 0.0625. The number of halogens is 2. The van der Waals surface area contributed by atoms with Gasteiger partial charge in [-0.3, -0.25) is 4.79 Å². The molecule has 0 radical (unpaired) electrons. The molecule has 2 N–H and O–H groups in total. The van der Waals surface area contributed by atoms with Crippen LogP contribution in [0.1, 0.15) is 49.4 Å². The lowest BCUT2D eigenvalue weighted by atomic mass is 9.90. The summed E-state index contributed by atoms with van der Waals surface area (Å²) in [5.41, 5.74) is 6.55. The van der Waals surface area contributed by atoms with E-state index in [1.165, 1.54) is 12.1 Å². The topological polar surface area (TPSA) is 46.3 Å². The molecule has 1 aliphatic rings. The Kier molecular flexibility index (Phi) is 5.98. The van der Waals surface area contributed by atoms with Crippen LogP contribution in [0.2, 0.25) is 0 Å². The molecule has 1 aromatic rings. The third kappa shape index (κ3) is 4.16. The maximum atomic E-state index is 13.2. The normalized spacial score (nSPS) is 22.1. The van der Waals surface area contributed by atoms with Crippen molar-refractivity contribution in [2.45, 2.75) is 51.1 Å². The molecule has 1 aliphatic carbocycles. The van der Waals surface area contributed by atoms with Crippen molar-refractivity contribution in [2.75, 3.05) is 6.54 Å². The van der Waals surface area contributed by atoms with Crippen LogP contribution in [-0.2, 0) is 0 Å². The molecular formula is C16H22FIN2O. The molecule has 0 atom stereocenters. The Balaban J connectivity index is 2.18. The molecule has 0 heterocycles. The molecule has 0 bridgehead atoms. The monoisotopic (exact) mass is 404 g/mol. The minimum atomic E-state index is -0.304. The van der Waals surface area contributed by atoms with Gasteiger partial charge in [0.2, 0.25) is 0 Å². The summed E-state index contributed by atoms with van der Waals surface area (Å²) in [6, 6.07) is 4.89. The molecule has 116 valence electrons. The number of carbonyl (C=O) groups is 1. The van der Waals surface area contributed by atoms with E-state index in [2.05, 4.69) is 6.92 Å². The number of hydrogen-bond acceptors (Lipinski definition) is 2. The highest BCUT2D eigenvalue weighted by Gasteiger charge is 2.28. The van der Waals surface area contributed by atoms with Gasteiger partial charge in [0, 0.05) is 22.2 Å². The Morgan fingerprint density at radius 1 is 1.38 bits per heavy atom. The van der Waals surface area contributed by atoms with E-state index in [-0.39, 0.29) is 23.8 Å². The van der Waals surface area contributed by atoms with Crippen molar-refractivity contribution >= 4 is 28.5 Å². The first-order chi connectivity index (χ1) is 10.0. The first-order valence-electron chi connectivity index (χ1n) is 7.54. The Hall–Kier alpha value is -0.690. The maximum absolute atomic E-state index is 13.2. The van der Waals surface area contributed by atoms with Crippen LogP contribution in [0.5, 0.6) is 0 Å². The van der Waals surface area contributed by atoms with Crippen LogP contribution in [-0.4, -0.2) is 29.4 Å². The number of carbonyl (C=O) groups excluding carboxylic acids is 1. The van der Waals surface area contributed by atoms with Crippen molar-refractivity contribution < 1.29 is 9.18 Å². The lowest BCUT2D eigenvalue weighted by Gasteiger charge is -2.36. The number of rotatable bonds is 4. The second kappa shape index (κ2) is 7.54. The van der Waals surface area contributed by atoms with Crippen LogP contribution >= 0.6 is 22.6 Å². The highest BCUT2D eigenvalue weighted by atomic mass is 127.